The summed E-state index contributed by atoms with van der Waals surface area (Å²) in [5, 5.41) is 4.37. The van der Waals surface area contributed by atoms with Crippen LogP contribution in [-0.4, -0.2) is 29.6 Å². The second kappa shape index (κ2) is 6.23. The molecule has 0 radical (unpaired) electrons. The standard InChI is InChI=1S/C17H24ClFN2/c1-2-15-11-21(17(12-20-15)7-3-4-8-17)10-13-9-14(19)5-6-16(13)18/h5-6,9,15,20H,2-4,7-8,10-12H2,1H3. The van der Waals surface area contributed by atoms with Crippen molar-refractivity contribution in [3.63, 3.8) is 0 Å². The number of nitrogens with zero attached hydrogens (tertiary/aromatic N) is 1. The van der Waals surface area contributed by atoms with Crippen molar-refractivity contribution in [1.82, 2.24) is 10.2 Å². The third-order valence-corrected chi connectivity index (χ3v) is 5.60. The summed E-state index contributed by atoms with van der Waals surface area (Å²) in [7, 11) is 0. The first-order valence-electron chi connectivity index (χ1n) is 8.05. The number of rotatable bonds is 3. The van der Waals surface area contributed by atoms with Crippen LogP contribution in [0.5, 0.6) is 0 Å². The first kappa shape index (κ1) is 15.3. The minimum absolute atomic E-state index is 0.197. The molecule has 0 aromatic heterocycles. The van der Waals surface area contributed by atoms with E-state index >= 15 is 0 Å². The van der Waals surface area contributed by atoms with Gasteiger partial charge in [0.1, 0.15) is 5.82 Å². The molecule has 1 unspecified atom stereocenters. The Bertz CT molecular complexity index is 500. The highest BCUT2D eigenvalue weighted by Crippen LogP contribution is 2.38. The average molecular weight is 311 g/mol. The fourth-order valence-corrected chi connectivity index (χ4v) is 4.05. The molecular formula is C17H24ClFN2. The molecule has 116 valence electrons. The van der Waals surface area contributed by atoms with Gasteiger partial charge in [0.15, 0.2) is 0 Å². The molecule has 0 bridgehead atoms. The molecule has 21 heavy (non-hydrogen) atoms. The summed E-state index contributed by atoms with van der Waals surface area (Å²) in [4.78, 5) is 2.56. The molecule has 3 rings (SSSR count). The third-order valence-electron chi connectivity index (χ3n) is 5.23. The normalized spacial score (nSPS) is 25.6. The van der Waals surface area contributed by atoms with Gasteiger partial charge in [0.05, 0.1) is 0 Å². The van der Waals surface area contributed by atoms with Gasteiger partial charge in [-0.2, -0.15) is 0 Å². The molecule has 2 aliphatic rings. The van der Waals surface area contributed by atoms with E-state index in [-0.39, 0.29) is 11.4 Å². The molecule has 2 nitrogen and oxygen atoms in total. The van der Waals surface area contributed by atoms with Crippen LogP contribution in [0.15, 0.2) is 18.2 Å². The highest BCUT2D eigenvalue weighted by atomic mass is 35.5. The van der Waals surface area contributed by atoms with E-state index in [1.54, 1.807) is 12.1 Å². The van der Waals surface area contributed by atoms with Crippen LogP contribution >= 0.6 is 11.6 Å². The van der Waals surface area contributed by atoms with Gasteiger partial charge < -0.3 is 5.32 Å². The lowest BCUT2D eigenvalue weighted by Gasteiger charge is -2.48. The fourth-order valence-electron chi connectivity index (χ4n) is 3.87. The summed E-state index contributed by atoms with van der Waals surface area (Å²) in [6.07, 6.45) is 6.20. The quantitative estimate of drug-likeness (QED) is 0.908. The van der Waals surface area contributed by atoms with Crippen LogP contribution in [0.25, 0.3) is 0 Å². The van der Waals surface area contributed by atoms with Gasteiger partial charge in [-0.25, -0.2) is 4.39 Å². The summed E-state index contributed by atoms with van der Waals surface area (Å²) in [6, 6.07) is 5.23. The van der Waals surface area contributed by atoms with Gasteiger partial charge in [0.25, 0.3) is 0 Å². The summed E-state index contributed by atoms with van der Waals surface area (Å²) in [5.41, 5.74) is 1.17. The Morgan fingerprint density at radius 3 is 2.86 bits per heavy atom. The molecule has 1 N–H and O–H groups in total. The Hall–Kier alpha value is -0.640. The van der Waals surface area contributed by atoms with Crippen LogP contribution in [0.1, 0.15) is 44.6 Å². The number of piperazine rings is 1. The van der Waals surface area contributed by atoms with E-state index in [1.807, 2.05) is 0 Å². The van der Waals surface area contributed by atoms with Crippen molar-refractivity contribution in [2.75, 3.05) is 13.1 Å². The molecule has 1 aliphatic carbocycles. The summed E-state index contributed by atoms with van der Waals surface area (Å²) in [6.45, 7) is 5.06. The molecule has 1 aromatic carbocycles. The molecule has 1 spiro atoms. The molecule has 0 amide bonds. The zero-order valence-electron chi connectivity index (χ0n) is 12.7. The maximum atomic E-state index is 13.5. The number of hydrogen-bond donors (Lipinski definition) is 1. The lowest BCUT2D eigenvalue weighted by atomic mass is 9.90. The Morgan fingerprint density at radius 1 is 1.38 bits per heavy atom. The highest BCUT2D eigenvalue weighted by Gasteiger charge is 2.43. The monoisotopic (exact) mass is 310 g/mol. The summed E-state index contributed by atoms with van der Waals surface area (Å²) < 4.78 is 13.5. The second-order valence-electron chi connectivity index (χ2n) is 6.53. The molecule has 1 saturated carbocycles. The molecule has 2 fully saturated rings. The second-order valence-corrected chi connectivity index (χ2v) is 6.94. The van der Waals surface area contributed by atoms with Gasteiger partial charge in [-0.05, 0) is 43.0 Å². The van der Waals surface area contributed by atoms with Crippen molar-refractivity contribution in [2.45, 2.75) is 57.2 Å². The van der Waals surface area contributed by atoms with E-state index in [9.17, 15) is 4.39 Å². The SMILES string of the molecule is CCC1CN(Cc2cc(F)ccc2Cl)C2(CCCC2)CN1. The summed E-state index contributed by atoms with van der Waals surface area (Å²) in [5.74, 6) is -0.197. The zero-order valence-corrected chi connectivity index (χ0v) is 13.4. The zero-order chi connectivity index (χ0) is 14.9. The minimum Gasteiger partial charge on any atom is -0.311 e. The molecule has 1 saturated heterocycles. The Labute approximate surface area is 131 Å². The van der Waals surface area contributed by atoms with Gasteiger partial charge in [-0.3, -0.25) is 4.90 Å². The van der Waals surface area contributed by atoms with Crippen LogP contribution in [-0.2, 0) is 6.54 Å². The first-order chi connectivity index (χ1) is 10.1. The van der Waals surface area contributed by atoms with Crippen LogP contribution in [0.2, 0.25) is 5.02 Å². The van der Waals surface area contributed by atoms with Crippen molar-refractivity contribution in [3.05, 3.63) is 34.6 Å². The van der Waals surface area contributed by atoms with E-state index in [2.05, 4.69) is 17.1 Å². The smallest absolute Gasteiger partial charge is 0.123 e. The number of halogens is 2. The van der Waals surface area contributed by atoms with Crippen LogP contribution in [0.4, 0.5) is 4.39 Å². The maximum absolute atomic E-state index is 13.5. The minimum atomic E-state index is -0.197. The van der Waals surface area contributed by atoms with E-state index in [0.29, 0.717) is 11.1 Å². The van der Waals surface area contributed by atoms with Crippen molar-refractivity contribution in [3.8, 4) is 0 Å². The maximum Gasteiger partial charge on any atom is 0.123 e. The predicted molar refractivity (Wildman–Crippen MR) is 85.1 cm³/mol. The third kappa shape index (κ3) is 3.10. The summed E-state index contributed by atoms with van der Waals surface area (Å²) >= 11 is 6.27. The highest BCUT2D eigenvalue weighted by molar-refractivity contribution is 6.31. The van der Waals surface area contributed by atoms with Gasteiger partial charge in [-0.15, -0.1) is 0 Å². The van der Waals surface area contributed by atoms with E-state index in [4.69, 9.17) is 11.6 Å². The fraction of sp³-hybridized carbons (Fsp3) is 0.647. The van der Waals surface area contributed by atoms with Crippen molar-refractivity contribution in [2.24, 2.45) is 0 Å². The molecule has 1 aromatic rings. The van der Waals surface area contributed by atoms with Crippen LogP contribution < -0.4 is 5.32 Å². The molecule has 1 aliphatic heterocycles. The topological polar surface area (TPSA) is 15.3 Å². The molecule has 1 heterocycles. The largest absolute Gasteiger partial charge is 0.311 e. The van der Waals surface area contributed by atoms with Gasteiger partial charge in [0.2, 0.25) is 0 Å². The number of hydrogen-bond acceptors (Lipinski definition) is 2. The molecule has 1 atom stereocenters. The Kier molecular flexibility index (Phi) is 4.53. The van der Waals surface area contributed by atoms with E-state index < -0.39 is 0 Å². The van der Waals surface area contributed by atoms with Crippen molar-refractivity contribution in [1.29, 1.82) is 0 Å². The van der Waals surface area contributed by atoms with Gasteiger partial charge >= 0.3 is 0 Å². The predicted octanol–water partition coefficient (Wildman–Crippen LogP) is 3.98. The van der Waals surface area contributed by atoms with Crippen molar-refractivity contribution >= 4 is 11.6 Å². The van der Waals surface area contributed by atoms with Crippen LogP contribution in [0, 0.1) is 5.82 Å². The lowest BCUT2D eigenvalue weighted by Crippen LogP contribution is -2.62. The lowest BCUT2D eigenvalue weighted by molar-refractivity contribution is 0.0349. The molecule has 4 heteroatoms. The van der Waals surface area contributed by atoms with Gasteiger partial charge in [-0.1, -0.05) is 31.4 Å². The van der Waals surface area contributed by atoms with E-state index in [0.717, 1.165) is 31.6 Å². The van der Waals surface area contributed by atoms with Crippen molar-refractivity contribution < 1.29 is 4.39 Å². The average Bonchev–Trinajstić information content (AvgIpc) is 2.95. The van der Waals surface area contributed by atoms with Gasteiger partial charge in [0, 0.05) is 36.2 Å². The Balaban J connectivity index is 1.83. The Morgan fingerprint density at radius 2 is 2.14 bits per heavy atom. The number of nitrogens with one attached hydrogen (secondary N) is 1. The first-order valence-corrected chi connectivity index (χ1v) is 8.43. The number of benzene rings is 1. The van der Waals surface area contributed by atoms with Crippen LogP contribution in [0.3, 0.4) is 0 Å². The van der Waals surface area contributed by atoms with E-state index in [1.165, 1.54) is 31.7 Å². The molecular weight excluding hydrogens is 287 g/mol.